The van der Waals surface area contributed by atoms with Gasteiger partial charge in [0.2, 0.25) is 0 Å². The van der Waals surface area contributed by atoms with Crippen molar-refractivity contribution >= 4 is 5.91 Å². The van der Waals surface area contributed by atoms with E-state index in [-0.39, 0.29) is 12.2 Å². The van der Waals surface area contributed by atoms with Gasteiger partial charge in [0.05, 0.1) is 17.9 Å². The Morgan fingerprint density at radius 1 is 1.47 bits per heavy atom. The fourth-order valence-corrected chi connectivity index (χ4v) is 0.999. The molecule has 0 aromatic carbocycles. The van der Waals surface area contributed by atoms with Crippen LogP contribution in [0.1, 0.15) is 16.1 Å². The maximum absolute atomic E-state index is 11.8. The number of halogens is 3. The van der Waals surface area contributed by atoms with Crippen LogP contribution in [0.4, 0.5) is 13.2 Å². The van der Waals surface area contributed by atoms with E-state index in [0.717, 1.165) is 0 Å². The first-order valence-electron chi connectivity index (χ1n) is 4.53. The van der Waals surface area contributed by atoms with Crippen molar-refractivity contribution in [3.63, 3.8) is 0 Å². The summed E-state index contributed by atoms with van der Waals surface area (Å²) in [6, 6.07) is 2.78. The third kappa shape index (κ3) is 4.79. The van der Waals surface area contributed by atoms with Crippen molar-refractivity contribution in [3.05, 3.63) is 29.6 Å². The molecule has 0 aliphatic heterocycles. The number of nitrogens with two attached hydrogens (primary N) is 1. The van der Waals surface area contributed by atoms with Crippen molar-refractivity contribution in [2.75, 3.05) is 6.61 Å². The van der Waals surface area contributed by atoms with Gasteiger partial charge >= 0.3 is 6.18 Å². The second-order valence-corrected chi connectivity index (χ2v) is 3.12. The van der Waals surface area contributed by atoms with Gasteiger partial charge in [-0.3, -0.25) is 15.2 Å². The van der Waals surface area contributed by atoms with Gasteiger partial charge in [-0.15, -0.1) is 0 Å². The van der Waals surface area contributed by atoms with Crippen LogP contribution in [0, 0.1) is 0 Å². The molecule has 0 spiro atoms. The maximum Gasteiger partial charge on any atom is 0.411 e. The quantitative estimate of drug-likeness (QED) is 0.469. The molecule has 0 fully saturated rings. The van der Waals surface area contributed by atoms with Crippen LogP contribution >= 0.6 is 0 Å². The van der Waals surface area contributed by atoms with E-state index in [0.29, 0.717) is 5.69 Å². The number of ether oxygens (including phenoxy) is 1. The minimum atomic E-state index is -4.36. The summed E-state index contributed by atoms with van der Waals surface area (Å²) in [4.78, 5) is 14.8. The summed E-state index contributed by atoms with van der Waals surface area (Å²) in [5.74, 6) is 4.37. The van der Waals surface area contributed by atoms with Gasteiger partial charge in [0, 0.05) is 6.20 Å². The maximum atomic E-state index is 11.8. The Morgan fingerprint density at radius 2 is 2.18 bits per heavy atom. The van der Waals surface area contributed by atoms with Crippen molar-refractivity contribution in [3.8, 4) is 0 Å². The van der Waals surface area contributed by atoms with Crippen LogP contribution in [0.2, 0.25) is 0 Å². The monoisotopic (exact) mass is 249 g/mol. The molecule has 5 nitrogen and oxygen atoms in total. The van der Waals surface area contributed by atoms with Crippen LogP contribution < -0.4 is 11.3 Å². The Labute approximate surface area is 94.7 Å². The molecule has 0 radical (unpaired) electrons. The summed E-state index contributed by atoms with van der Waals surface area (Å²) in [7, 11) is 0. The average molecular weight is 249 g/mol. The normalized spacial score (nSPS) is 11.3. The van der Waals surface area contributed by atoms with Crippen LogP contribution in [0.5, 0.6) is 0 Å². The van der Waals surface area contributed by atoms with E-state index >= 15 is 0 Å². The van der Waals surface area contributed by atoms with Gasteiger partial charge in [-0.1, -0.05) is 0 Å². The largest absolute Gasteiger partial charge is 0.411 e. The number of alkyl halides is 3. The highest BCUT2D eigenvalue weighted by Gasteiger charge is 2.27. The lowest BCUT2D eigenvalue weighted by molar-refractivity contribution is -0.176. The number of aromatic nitrogens is 1. The molecular formula is C9H10F3N3O2. The van der Waals surface area contributed by atoms with Crippen molar-refractivity contribution in [1.29, 1.82) is 0 Å². The molecule has 17 heavy (non-hydrogen) atoms. The number of hydrogen-bond donors (Lipinski definition) is 2. The second kappa shape index (κ2) is 5.60. The molecule has 3 N–H and O–H groups in total. The Balaban J connectivity index is 2.49. The Kier molecular flexibility index (Phi) is 4.41. The van der Waals surface area contributed by atoms with E-state index in [4.69, 9.17) is 5.84 Å². The van der Waals surface area contributed by atoms with Crippen molar-refractivity contribution in [2.24, 2.45) is 5.84 Å². The number of rotatable bonds is 4. The first-order valence-corrected chi connectivity index (χ1v) is 4.53. The van der Waals surface area contributed by atoms with Gasteiger partial charge in [0.1, 0.15) is 6.61 Å². The molecule has 0 saturated carbocycles. The van der Waals surface area contributed by atoms with E-state index in [9.17, 15) is 18.0 Å². The zero-order valence-corrected chi connectivity index (χ0v) is 8.62. The third-order valence-corrected chi connectivity index (χ3v) is 1.73. The number of nitrogens with zero attached hydrogens (tertiary/aromatic N) is 1. The number of nitrogens with one attached hydrogen (secondary N) is 1. The van der Waals surface area contributed by atoms with Crippen molar-refractivity contribution in [2.45, 2.75) is 12.8 Å². The lowest BCUT2D eigenvalue weighted by Crippen LogP contribution is -2.30. The SMILES string of the molecule is NNC(=O)c1ccc(COCC(F)(F)F)nc1. The number of amides is 1. The molecule has 0 bridgehead atoms. The summed E-state index contributed by atoms with van der Waals surface area (Å²) >= 11 is 0. The molecule has 1 heterocycles. The predicted octanol–water partition coefficient (Wildman–Crippen LogP) is 0.764. The highest BCUT2D eigenvalue weighted by Crippen LogP contribution is 2.15. The smallest absolute Gasteiger partial charge is 0.366 e. The Bertz CT molecular complexity index is 378. The predicted molar refractivity (Wildman–Crippen MR) is 51.6 cm³/mol. The molecule has 0 aliphatic rings. The molecule has 0 saturated heterocycles. The van der Waals surface area contributed by atoms with Gasteiger partial charge in [0.15, 0.2) is 0 Å². The van der Waals surface area contributed by atoms with E-state index in [1.54, 1.807) is 0 Å². The van der Waals surface area contributed by atoms with Gasteiger partial charge in [-0.2, -0.15) is 13.2 Å². The van der Waals surface area contributed by atoms with Crippen LogP contribution in [-0.4, -0.2) is 23.7 Å². The van der Waals surface area contributed by atoms with Crippen LogP contribution in [0.25, 0.3) is 0 Å². The molecule has 94 valence electrons. The molecule has 1 aromatic rings. The van der Waals surface area contributed by atoms with Gasteiger partial charge in [0.25, 0.3) is 5.91 Å². The first kappa shape index (κ1) is 13.4. The summed E-state index contributed by atoms with van der Waals surface area (Å²) in [6.07, 6.45) is -3.16. The lowest BCUT2D eigenvalue weighted by Gasteiger charge is -2.07. The number of carbonyl (C=O) groups excluding carboxylic acids is 1. The van der Waals surface area contributed by atoms with Gasteiger partial charge < -0.3 is 4.74 Å². The molecule has 0 atom stereocenters. The summed E-state index contributed by atoms with van der Waals surface area (Å²) in [5.41, 5.74) is 2.41. The van der Waals surface area contributed by atoms with Crippen molar-refractivity contribution in [1.82, 2.24) is 10.4 Å². The number of hydrazine groups is 1. The van der Waals surface area contributed by atoms with Crippen molar-refractivity contribution < 1.29 is 22.7 Å². The fraction of sp³-hybridized carbons (Fsp3) is 0.333. The number of carbonyl (C=O) groups is 1. The van der Waals surface area contributed by atoms with Crippen LogP contribution in [-0.2, 0) is 11.3 Å². The van der Waals surface area contributed by atoms with Gasteiger partial charge in [-0.05, 0) is 12.1 Å². The average Bonchev–Trinajstić information content (AvgIpc) is 2.27. The number of pyridine rings is 1. The third-order valence-electron chi connectivity index (χ3n) is 1.73. The highest BCUT2D eigenvalue weighted by atomic mass is 19.4. The molecule has 1 amide bonds. The minimum absolute atomic E-state index is 0.215. The zero-order valence-electron chi connectivity index (χ0n) is 8.62. The summed E-state index contributed by atoms with van der Waals surface area (Å²) < 4.78 is 39.7. The number of hydrogen-bond acceptors (Lipinski definition) is 4. The first-order chi connectivity index (χ1) is 7.92. The van der Waals surface area contributed by atoms with E-state index in [1.165, 1.54) is 18.3 Å². The highest BCUT2D eigenvalue weighted by molar-refractivity contribution is 5.93. The van der Waals surface area contributed by atoms with E-state index in [1.807, 2.05) is 5.43 Å². The molecule has 1 rings (SSSR count). The lowest BCUT2D eigenvalue weighted by atomic mass is 10.2. The Hall–Kier alpha value is -1.67. The van der Waals surface area contributed by atoms with E-state index in [2.05, 4.69) is 9.72 Å². The molecule has 0 aliphatic carbocycles. The van der Waals surface area contributed by atoms with E-state index < -0.39 is 18.7 Å². The standard InChI is InChI=1S/C9H10F3N3O2/c10-9(11,12)5-17-4-7-2-1-6(3-14-7)8(16)15-13/h1-3H,4-5,13H2,(H,15,16). The minimum Gasteiger partial charge on any atom is -0.366 e. The summed E-state index contributed by atoms with van der Waals surface area (Å²) in [5, 5.41) is 0. The topological polar surface area (TPSA) is 77.2 Å². The molecule has 8 heteroatoms. The Morgan fingerprint density at radius 3 is 2.65 bits per heavy atom. The zero-order chi connectivity index (χ0) is 12.9. The number of nitrogen functional groups attached to an aromatic ring is 1. The molecule has 0 unspecified atom stereocenters. The van der Waals surface area contributed by atoms with Crippen LogP contribution in [0.15, 0.2) is 18.3 Å². The molecular weight excluding hydrogens is 239 g/mol. The fourth-order valence-electron chi connectivity index (χ4n) is 0.999. The van der Waals surface area contributed by atoms with Crippen LogP contribution in [0.3, 0.4) is 0 Å². The molecule has 1 aromatic heterocycles. The van der Waals surface area contributed by atoms with Gasteiger partial charge in [-0.25, -0.2) is 5.84 Å². The second-order valence-electron chi connectivity index (χ2n) is 3.12. The summed E-state index contributed by atoms with van der Waals surface area (Å²) in [6.45, 7) is -1.61.